The van der Waals surface area contributed by atoms with Crippen molar-refractivity contribution >= 4 is 10.0 Å². The highest BCUT2D eigenvalue weighted by molar-refractivity contribution is 7.89. The minimum absolute atomic E-state index is 0.0149. The first-order chi connectivity index (χ1) is 9.44. The number of rotatable bonds is 8. The Morgan fingerprint density at radius 3 is 2.35 bits per heavy atom. The van der Waals surface area contributed by atoms with E-state index in [4.69, 9.17) is 0 Å². The van der Waals surface area contributed by atoms with Crippen LogP contribution in [0.2, 0.25) is 0 Å². The smallest absolute Gasteiger partial charge is 0.212 e. The highest BCUT2D eigenvalue weighted by Gasteiger charge is 2.21. The topological polar surface area (TPSA) is 58.2 Å². The molecule has 1 aliphatic rings. The first-order valence-corrected chi connectivity index (χ1v) is 8.25. The van der Waals surface area contributed by atoms with E-state index >= 15 is 0 Å². The molecule has 0 amide bonds. The van der Waals surface area contributed by atoms with Gasteiger partial charge in [0, 0.05) is 25.2 Å². The fourth-order valence-electron chi connectivity index (χ4n) is 1.86. The van der Waals surface area contributed by atoms with Crippen molar-refractivity contribution in [3.05, 3.63) is 35.4 Å². The predicted molar refractivity (Wildman–Crippen MR) is 72.9 cm³/mol. The number of nitrogens with one attached hydrogen (secondary N) is 2. The normalized spacial score (nSPS) is 15.5. The van der Waals surface area contributed by atoms with Gasteiger partial charge in [-0.15, -0.1) is 0 Å². The van der Waals surface area contributed by atoms with Crippen molar-refractivity contribution in [2.75, 3.05) is 18.8 Å². The molecule has 0 unspecified atom stereocenters. The molecule has 0 aliphatic heterocycles. The second kappa shape index (κ2) is 6.60. The number of hydrogen-bond donors (Lipinski definition) is 2. The van der Waals surface area contributed by atoms with Gasteiger partial charge in [0.25, 0.3) is 0 Å². The van der Waals surface area contributed by atoms with Crippen LogP contribution < -0.4 is 10.0 Å². The molecule has 0 saturated heterocycles. The van der Waals surface area contributed by atoms with E-state index in [2.05, 4.69) is 10.0 Å². The lowest BCUT2D eigenvalue weighted by molar-refractivity contribution is 0.573. The number of benzene rings is 1. The van der Waals surface area contributed by atoms with Gasteiger partial charge in [-0.3, -0.25) is 0 Å². The van der Waals surface area contributed by atoms with Crippen molar-refractivity contribution in [3.63, 3.8) is 0 Å². The molecule has 20 heavy (non-hydrogen) atoms. The molecule has 1 aromatic carbocycles. The summed E-state index contributed by atoms with van der Waals surface area (Å²) in [7, 11) is -3.34. The highest BCUT2D eigenvalue weighted by atomic mass is 32.2. The highest BCUT2D eigenvalue weighted by Crippen LogP contribution is 2.18. The third kappa shape index (κ3) is 5.52. The van der Waals surface area contributed by atoms with E-state index in [9.17, 15) is 17.2 Å². The van der Waals surface area contributed by atoms with Crippen LogP contribution in [-0.2, 0) is 16.4 Å². The average Bonchev–Trinajstić information content (AvgIpc) is 3.11. The molecule has 1 aliphatic carbocycles. The molecule has 0 radical (unpaired) electrons. The molecule has 0 bridgehead atoms. The summed E-state index contributed by atoms with van der Waals surface area (Å²) in [5.41, 5.74) is 0.432. The van der Waals surface area contributed by atoms with Crippen molar-refractivity contribution < 1.29 is 17.2 Å². The van der Waals surface area contributed by atoms with Crippen molar-refractivity contribution in [1.29, 1.82) is 0 Å². The van der Waals surface area contributed by atoms with E-state index in [1.807, 2.05) is 0 Å². The second-order valence-electron chi connectivity index (χ2n) is 4.97. The second-order valence-corrected chi connectivity index (χ2v) is 6.90. The Labute approximate surface area is 117 Å². The van der Waals surface area contributed by atoms with Crippen LogP contribution in [0.3, 0.4) is 0 Å². The van der Waals surface area contributed by atoms with E-state index in [1.54, 1.807) is 0 Å². The molecular formula is C13H18F2N2O2S. The summed E-state index contributed by atoms with van der Waals surface area (Å²) < 4.78 is 51.6. The summed E-state index contributed by atoms with van der Waals surface area (Å²) in [4.78, 5) is 0. The summed E-state index contributed by atoms with van der Waals surface area (Å²) >= 11 is 0. The molecule has 1 fully saturated rings. The summed E-state index contributed by atoms with van der Waals surface area (Å²) in [5, 5.41) is 3.12. The number of sulfonamides is 1. The molecule has 0 atom stereocenters. The van der Waals surface area contributed by atoms with Gasteiger partial charge >= 0.3 is 0 Å². The number of halogens is 2. The van der Waals surface area contributed by atoms with Crippen LogP contribution in [0.15, 0.2) is 18.2 Å². The van der Waals surface area contributed by atoms with Crippen LogP contribution in [-0.4, -0.2) is 33.3 Å². The lowest BCUT2D eigenvalue weighted by atomic mass is 10.1. The summed E-state index contributed by atoms with van der Waals surface area (Å²) in [6.45, 7) is 0.559. The Kier molecular flexibility index (Phi) is 5.06. The monoisotopic (exact) mass is 304 g/mol. The summed E-state index contributed by atoms with van der Waals surface area (Å²) in [5.74, 6) is -1.30. The summed E-state index contributed by atoms with van der Waals surface area (Å²) in [6.07, 6.45) is 2.47. The number of hydrogen-bond acceptors (Lipinski definition) is 3. The van der Waals surface area contributed by atoms with Crippen molar-refractivity contribution in [2.24, 2.45) is 0 Å². The van der Waals surface area contributed by atoms with Crippen LogP contribution >= 0.6 is 0 Å². The van der Waals surface area contributed by atoms with Crippen molar-refractivity contribution in [3.8, 4) is 0 Å². The third-order valence-corrected chi connectivity index (χ3v) is 4.42. The maximum Gasteiger partial charge on any atom is 0.212 e. The van der Waals surface area contributed by atoms with E-state index in [-0.39, 0.29) is 18.7 Å². The molecule has 2 N–H and O–H groups in total. The van der Waals surface area contributed by atoms with Crippen molar-refractivity contribution in [2.45, 2.75) is 25.3 Å². The minimum Gasteiger partial charge on any atom is -0.313 e. The Morgan fingerprint density at radius 2 is 1.75 bits per heavy atom. The standard InChI is InChI=1S/C13H18F2N2O2S/c14-11-7-10(8-12(15)9-11)3-4-17-20(18,19)6-5-16-13-1-2-13/h7-9,13,16-17H,1-6H2. The third-order valence-electron chi connectivity index (χ3n) is 3.04. The first kappa shape index (κ1) is 15.3. The van der Waals surface area contributed by atoms with E-state index < -0.39 is 21.7 Å². The van der Waals surface area contributed by atoms with E-state index in [0.29, 0.717) is 18.2 Å². The summed E-state index contributed by atoms with van der Waals surface area (Å²) in [6, 6.07) is 3.66. The van der Waals surface area contributed by atoms with Gasteiger partial charge in [0.05, 0.1) is 5.75 Å². The van der Waals surface area contributed by atoms with Gasteiger partial charge in [-0.2, -0.15) is 0 Å². The fourth-order valence-corrected chi connectivity index (χ4v) is 2.81. The van der Waals surface area contributed by atoms with Gasteiger partial charge in [0.2, 0.25) is 10.0 Å². The zero-order valence-corrected chi connectivity index (χ0v) is 11.8. The Hall–Kier alpha value is -1.05. The van der Waals surface area contributed by atoms with Gasteiger partial charge in [0.15, 0.2) is 0 Å². The maximum absolute atomic E-state index is 13.0. The van der Waals surface area contributed by atoms with E-state index in [0.717, 1.165) is 18.9 Å². The van der Waals surface area contributed by atoms with Crippen LogP contribution in [0.5, 0.6) is 0 Å². The minimum atomic E-state index is -3.34. The molecule has 112 valence electrons. The van der Waals surface area contributed by atoms with Crippen LogP contribution in [0, 0.1) is 11.6 Å². The molecule has 2 rings (SSSR count). The Morgan fingerprint density at radius 1 is 1.10 bits per heavy atom. The molecule has 7 heteroatoms. The van der Waals surface area contributed by atoms with E-state index in [1.165, 1.54) is 12.1 Å². The van der Waals surface area contributed by atoms with Crippen LogP contribution in [0.25, 0.3) is 0 Å². The van der Waals surface area contributed by atoms with Gasteiger partial charge in [-0.05, 0) is 37.0 Å². The van der Waals surface area contributed by atoms with Crippen LogP contribution in [0.4, 0.5) is 8.78 Å². The quantitative estimate of drug-likeness (QED) is 0.758. The lowest BCUT2D eigenvalue weighted by Crippen LogP contribution is -2.33. The average molecular weight is 304 g/mol. The van der Waals surface area contributed by atoms with Gasteiger partial charge in [0.1, 0.15) is 11.6 Å². The largest absolute Gasteiger partial charge is 0.313 e. The molecule has 1 aromatic rings. The molecule has 0 aromatic heterocycles. The molecule has 0 spiro atoms. The predicted octanol–water partition coefficient (Wildman–Crippen LogP) is 1.18. The zero-order valence-electron chi connectivity index (χ0n) is 11.0. The first-order valence-electron chi connectivity index (χ1n) is 6.60. The van der Waals surface area contributed by atoms with Crippen LogP contribution in [0.1, 0.15) is 18.4 Å². The van der Waals surface area contributed by atoms with Gasteiger partial charge < -0.3 is 5.32 Å². The molecule has 4 nitrogen and oxygen atoms in total. The Balaban J connectivity index is 1.72. The van der Waals surface area contributed by atoms with Crippen molar-refractivity contribution in [1.82, 2.24) is 10.0 Å². The molecular weight excluding hydrogens is 286 g/mol. The fraction of sp³-hybridized carbons (Fsp3) is 0.538. The molecule has 0 heterocycles. The zero-order chi connectivity index (χ0) is 14.6. The lowest BCUT2D eigenvalue weighted by Gasteiger charge is -2.07. The molecule has 1 saturated carbocycles. The SMILES string of the molecule is O=S(=O)(CCNC1CC1)NCCc1cc(F)cc(F)c1. The Bertz CT molecular complexity index is 539. The maximum atomic E-state index is 13.0. The van der Waals surface area contributed by atoms with Gasteiger partial charge in [-0.25, -0.2) is 21.9 Å². The van der Waals surface area contributed by atoms with Gasteiger partial charge in [-0.1, -0.05) is 0 Å².